The Labute approximate surface area is 340 Å². The van der Waals surface area contributed by atoms with Gasteiger partial charge in [0.1, 0.15) is 36.3 Å². The molecule has 5 aromatic carbocycles. The molecule has 8 atom stereocenters. The summed E-state index contributed by atoms with van der Waals surface area (Å²) in [6.07, 6.45) is -5.53. The van der Waals surface area contributed by atoms with Gasteiger partial charge in [0, 0.05) is 5.56 Å². The highest BCUT2D eigenvalue weighted by molar-refractivity contribution is 5.28. The molecule has 5 aromatic rings. The minimum Gasteiger partial charge on any atom is -0.497 e. The normalized spacial score (nSPS) is 23.7. The molecule has 0 aliphatic carbocycles. The number of aliphatic hydroxyl groups excluding tert-OH is 1. The van der Waals surface area contributed by atoms with Gasteiger partial charge in [-0.3, -0.25) is 0 Å². The molecule has 11 heteroatoms. The number of aliphatic hydroxyl groups is 1. The van der Waals surface area contributed by atoms with Gasteiger partial charge in [-0.15, -0.1) is 0 Å². The van der Waals surface area contributed by atoms with Gasteiger partial charge in [0.05, 0.1) is 60.0 Å². The van der Waals surface area contributed by atoms with Gasteiger partial charge in [0.25, 0.3) is 0 Å². The monoisotopic (exact) mass is 792 g/mol. The van der Waals surface area contributed by atoms with Crippen molar-refractivity contribution in [1.29, 1.82) is 0 Å². The lowest BCUT2D eigenvalue weighted by Gasteiger charge is -2.46. The molecule has 306 valence electrons. The molecule has 0 saturated carbocycles. The minimum absolute atomic E-state index is 0.0109. The van der Waals surface area contributed by atoms with E-state index in [1.807, 2.05) is 146 Å². The molecule has 0 bridgehead atoms. The molecule has 1 unspecified atom stereocenters. The Morgan fingerprint density at radius 3 is 1.55 bits per heavy atom. The third kappa shape index (κ3) is 12.0. The van der Waals surface area contributed by atoms with E-state index in [9.17, 15) is 5.11 Å². The van der Waals surface area contributed by atoms with Crippen molar-refractivity contribution in [2.24, 2.45) is 0 Å². The van der Waals surface area contributed by atoms with Crippen molar-refractivity contribution >= 4 is 0 Å². The van der Waals surface area contributed by atoms with Gasteiger partial charge in [0.15, 0.2) is 18.9 Å². The van der Waals surface area contributed by atoms with Crippen LogP contribution in [0.2, 0.25) is 0 Å². The molecule has 1 N–H and O–H groups in total. The number of hydrogen-bond donors (Lipinski definition) is 1. The second-order valence-electron chi connectivity index (χ2n) is 14.1. The Bertz CT molecular complexity index is 1870. The van der Waals surface area contributed by atoms with Crippen molar-refractivity contribution in [2.75, 3.05) is 33.5 Å². The van der Waals surface area contributed by atoms with Crippen LogP contribution in [0.5, 0.6) is 5.75 Å². The Kier molecular flexibility index (Phi) is 15.8. The average Bonchev–Trinajstić information content (AvgIpc) is 3.77. The lowest BCUT2D eigenvalue weighted by molar-refractivity contribution is -0.335. The first-order valence-electron chi connectivity index (χ1n) is 19.7. The molecule has 0 amide bonds. The summed E-state index contributed by atoms with van der Waals surface area (Å²) in [5.41, 5.74) is 4.82. The molecule has 2 aliphatic heterocycles. The van der Waals surface area contributed by atoms with E-state index in [1.54, 1.807) is 7.11 Å². The molecule has 7 rings (SSSR count). The predicted octanol–water partition coefficient (Wildman–Crippen LogP) is 7.16. The third-order valence-corrected chi connectivity index (χ3v) is 9.91. The van der Waals surface area contributed by atoms with Gasteiger partial charge in [-0.25, -0.2) is 0 Å². The largest absolute Gasteiger partial charge is 0.497 e. The summed E-state index contributed by atoms with van der Waals surface area (Å²) in [5, 5.41) is 10.4. The van der Waals surface area contributed by atoms with Crippen LogP contribution in [-0.2, 0) is 69.1 Å². The van der Waals surface area contributed by atoms with E-state index in [-0.39, 0.29) is 32.5 Å². The van der Waals surface area contributed by atoms with Crippen LogP contribution in [0.3, 0.4) is 0 Å². The summed E-state index contributed by atoms with van der Waals surface area (Å²) in [5.74, 6) is 0.748. The van der Waals surface area contributed by atoms with Crippen LogP contribution in [0.25, 0.3) is 0 Å². The standard InChI is InChI=1S/C47H52O11/c1-49-39-24-22-38(23-25-39)46-56-32-40(57-46)31-50-42(26-48)51-33-41-43(52-27-34-14-6-2-7-15-34)44(53-28-35-16-8-3-9-17-35)45(54-29-36-18-10-4-11-19-36)47(58-41)55-30-37-20-12-5-13-21-37/h2-25,40-48H,26-33H2,1H3/t40-,41-,42+,43+,44+,45-,46?,47-/m1/s1. The quantitative estimate of drug-likeness (QED) is 0.0765. The Morgan fingerprint density at radius 2 is 1.03 bits per heavy atom. The number of benzene rings is 5. The maximum atomic E-state index is 10.4. The highest BCUT2D eigenvalue weighted by atomic mass is 16.8. The summed E-state index contributed by atoms with van der Waals surface area (Å²) in [4.78, 5) is 0. The van der Waals surface area contributed by atoms with Gasteiger partial charge in [0.2, 0.25) is 0 Å². The summed E-state index contributed by atoms with van der Waals surface area (Å²) in [7, 11) is 1.62. The molecule has 0 radical (unpaired) electrons. The highest BCUT2D eigenvalue weighted by Gasteiger charge is 2.49. The Morgan fingerprint density at radius 1 is 0.552 bits per heavy atom. The molecular weight excluding hydrogens is 741 g/mol. The van der Waals surface area contributed by atoms with Crippen molar-refractivity contribution < 1.29 is 52.5 Å². The third-order valence-electron chi connectivity index (χ3n) is 9.91. The zero-order valence-corrected chi connectivity index (χ0v) is 32.7. The summed E-state index contributed by atoms with van der Waals surface area (Å²) >= 11 is 0. The lowest BCUT2D eigenvalue weighted by atomic mass is 9.97. The molecule has 2 aliphatic rings. The van der Waals surface area contributed by atoms with E-state index < -0.39 is 49.9 Å². The van der Waals surface area contributed by atoms with Crippen LogP contribution in [0.15, 0.2) is 146 Å². The van der Waals surface area contributed by atoms with E-state index in [0.717, 1.165) is 33.6 Å². The second-order valence-corrected chi connectivity index (χ2v) is 14.1. The van der Waals surface area contributed by atoms with Crippen molar-refractivity contribution in [1.82, 2.24) is 0 Å². The Hall–Kier alpha value is -4.50. The van der Waals surface area contributed by atoms with E-state index in [2.05, 4.69) is 0 Å². The van der Waals surface area contributed by atoms with Gasteiger partial charge < -0.3 is 52.5 Å². The van der Waals surface area contributed by atoms with Crippen molar-refractivity contribution in [3.8, 4) is 5.75 Å². The zero-order chi connectivity index (χ0) is 39.8. The van der Waals surface area contributed by atoms with Gasteiger partial charge >= 0.3 is 0 Å². The fourth-order valence-electron chi connectivity index (χ4n) is 6.81. The molecule has 0 aromatic heterocycles. The molecule has 0 spiro atoms. The summed E-state index contributed by atoms with van der Waals surface area (Å²) < 4.78 is 63.1. The highest BCUT2D eigenvalue weighted by Crippen LogP contribution is 2.33. The van der Waals surface area contributed by atoms with E-state index in [4.69, 9.17) is 47.4 Å². The summed E-state index contributed by atoms with van der Waals surface area (Å²) in [6.45, 7) is 1.19. The first-order valence-corrected chi connectivity index (χ1v) is 19.7. The van der Waals surface area contributed by atoms with E-state index >= 15 is 0 Å². The SMILES string of the molecule is COc1ccc(C2OC[C@@H](CO[C@H](CO)OC[C@H]3O[C@@H](OCc4ccccc4)[C@H](OCc4ccccc4)[C@@H](OCc4ccccc4)[C@H]3OCc3ccccc3)O2)cc1. The maximum Gasteiger partial charge on any atom is 0.187 e. The van der Waals surface area contributed by atoms with Crippen LogP contribution in [-0.4, -0.2) is 81.7 Å². The number of methoxy groups -OCH3 is 1. The first-order chi connectivity index (χ1) is 28.6. The van der Waals surface area contributed by atoms with Crippen LogP contribution in [0.1, 0.15) is 34.1 Å². The van der Waals surface area contributed by atoms with Crippen molar-refractivity contribution in [3.05, 3.63) is 173 Å². The molecule has 2 saturated heterocycles. The molecule has 58 heavy (non-hydrogen) atoms. The summed E-state index contributed by atoms with van der Waals surface area (Å²) in [6, 6.07) is 47.3. The zero-order valence-electron chi connectivity index (χ0n) is 32.7. The smallest absolute Gasteiger partial charge is 0.187 e. The van der Waals surface area contributed by atoms with E-state index in [0.29, 0.717) is 19.8 Å². The van der Waals surface area contributed by atoms with Crippen LogP contribution >= 0.6 is 0 Å². The fraction of sp³-hybridized carbons (Fsp3) is 0.362. The molecule has 11 nitrogen and oxygen atoms in total. The number of hydrogen-bond acceptors (Lipinski definition) is 11. The van der Waals surface area contributed by atoms with Gasteiger partial charge in [-0.2, -0.15) is 0 Å². The number of ether oxygens (including phenoxy) is 10. The van der Waals surface area contributed by atoms with Gasteiger partial charge in [-0.1, -0.05) is 133 Å². The maximum absolute atomic E-state index is 10.4. The minimum atomic E-state index is -0.985. The van der Waals surface area contributed by atoms with Crippen molar-refractivity contribution in [3.63, 3.8) is 0 Å². The lowest BCUT2D eigenvalue weighted by Crippen LogP contribution is -2.62. The fourth-order valence-corrected chi connectivity index (χ4v) is 6.81. The topological polar surface area (TPSA) is 113 Å². The van der Waals surface area contributed by atoms with Gasteiger partial charge in [-0.05, 0) is 34.4 Å². The predicted molar refractivity (Wildman–Crippen MR) is 214 cm³/mol. The average molecular weight is 793 g/mol. The molecular formula is C47H52O11. The number of rotatable bonds is 21. The van der Waals surface area contributed by atoms with Crippen LogP contribution in [0, 0.1) is 0 Å². The van der Waals surface area contributed by atoms with Crippen LogP contribution in [0.4, 0.5) is 0 Å². The first kappa shape index (κ1) is 41.7. The van der Waals surface area contributed by atoms with E-state index in [1.165, 1.54) is 0 Å². The van der Waals surface area contributed by atoms with Crippen molar-refractivity contribution in [2.45, 2.75) is 75.8 Å². The molecule has 2 fully saturated rings. The van der Waals surface area contributed by atoms with Crippen LogP contribution < -0.4 is 4.74 Å². The second kappa shape index (κ2) is 22.0. The Balaban J connectivity index is 1.09. The molecule has 2 heterocycles.